The van der Waals surface area contributed by atoms with Crippen LogP contribution in [0.5, 0.6) is 0 Å². The Morgan fingerprint density at radius 3 is 2.34 bits per heavy atom. The number of carbonyl (C=O) groups excluding carboxylic acids is 4. The number of nitrogens with zero attached hydrogens (tertiary/aromatic N) is 2. The summed E-state index contributed by atoms with van der Waals surface area (Å²) in [5.74, 6) is -0.931. The summed E-state index contributed by atoms with van der Waals surface area (Å²) >= 11 is 0. The fourth-order valence-corrected chi connectivity index (χ4v) is 5.66. The number of urea groups is 1. The van der Waals surface area contributed by atoms with E-state index in [1.165, 1.54) is 11.9 Å². The molecular weight excluding hydrogens is 554 g/mol. The van der Waals surface area contributed by atoms with Crippen LogP contribution in [0.25, 0.3) is 10.8 Å². The summed E-state index contributed by atoms with van der Waals surface area (Å²) in [7, 11) is 3.25. The summed E-state index contributed by atoms with van der Waals surface area (Å²) in [6, 6.07) is 28.4. The molecule has 0 spiro atoms. The number of carbonyl (C=O) groups is 4. The van der Waals surface area contributed by atoms with Gasteiger partial charge in [-0.05, 0) is 46.9 Å². The molecule has 0 saturated carbocycles. The van der Waals surface area contributed by atoms with Gasteiger partial charge in [0.2, 0.25) is 11.8 Å². The summed E-state index contributed by atoms with van der Waals surface area (Å²) in [6.45, 7) is 0.774. The molecule has 1 heterocycles. The number of likely N-dealkylation sites (N-methyl/N-ethyl adjacent to an activating group) is 1. The zero-order valence-corrected chi connectivity index (χ0v) is 25.0. The van der Waals surface area contributed by atoms with Crippen molar-refractivity contribution in [1.82, 2.24) is 20.4 Å². The van der Waals surface area contributed by atoms with E-state index in [9.17, 15) is 19.2 Å². The molecule has 9 nitrogen and oxygen atoms in total. The van der Waals surface area contributed by atoms with Crippen molar-refractivity contribution in [3.8, 4) is 0 Å². The Labute approximate surface area is 257 Å². The number of para-hydroxylation sites is 1. The zero-order chi connectivity index (χ0) is 31.1. The molecule has 1 aliphatic heterocycles. The van der Waals surface area contributed by atoms with Crippen molar-refractivity contribution in [2.75, 3.05) is 26.0 Å². The third-order valence-corrected chi connectivity index (χ3v) is 7.96. The van der Waals surface area contributed by atoms with Gasteiger partial charge >= 0.3 is 6.03 Å². The van der Waals surface area contributed by atoms with E-state index in [1.54, 1.807) is 36.2 Å². The van der Waals surface area contributed by atoms with Gasteiger partial charge in [-0.2, -0.15) is 0 Å². The minimum atomic E-state index is -0.836. The van der Waals surface area contributed by atoms with Crippen molar-refractivity contribution in [2.24, 2.45) is 0 Å². The second-order valence-electron chi connectivity index (χ2n) is 11.0. The van der Waals surface area contributed by atoms with Gasteiger partial charge in [0.15, 0.2) is 0 Å². The monoisotopic (exact) mass is 591 g/mol. The molecule has 2 atom stereocenters. The van der Waals surface area contributed by atoms with E-state index in [0.717, 1.165) is 21.9 Å². The van der Waals surface area contributed by atoms with Gasteiger partial charge in [-0.25, -0.2) is 4.79 Å². The van der Waals surface area contributed by atoms with E-state index in [0.29, 0.717) is 43.6 Å². The largest absolute Gasteiger partial charge is 0.355 e. The number of fused-ring (bicyclic) bond motifs is 1. The van der Waals surface area contributed by atoms with Crippen molar-refractivity contribution in [3.63, 3.8) is 0 Å². The zero-order valence-electron chi connectivity index (χ0n) is 25.0. The normalized spacial score (nSPS) is 15.0. The van der Waals surface area contributed by atoms with Crippen LogP contribution < -0.4 is 16.0 Å². The SMILES string of the molecule is CNC(=O)c1ccccc1NC(=O)N1CCC[C@H]1C(=O)N[C@@H](Cc1ccc2ccccc2c1)C(=O)N(C)Cc1ccccc1. The molecule has 4 aromatic rings. The molecule has 3 N–H and O–H groups in total. The molecule has 9 heteroatoms. The van der Waals surface area contributed by atoms with Gasteiger partial charge in [0.05, 0.1) is 11.3 Å². The minimum Gasteiger partial charge on any atom is -0.355 e. The molecule has 0 radical (unpaired) electrons. The lowest BCUT2D eigenvalue weighted by Crippen LogP contribution is -2.54. The second-order valence-corrected chi connectivity index (χ2v) is 11.0. The van der Waals surface area contributed by atoms with E-state index in [4.69, 9.17) is 0 Å². The third kappa shape index (κ3) is 7.06. The van der Waals surface area contributed by atoms with Crippen molar-refractivity contribution in [3.05, 3.63) is 114 Å². The van der Waals surface area contributed by atoms with Crippen molar-refractivity contribution >= 4 is 40.2 Å². The number of hydrogen-bond acceptors (Lipinski definition) is 4. The Morgan fingerprint density at radius 1 is 0.864 bits per heavy atom. The topological polar surface area (TPSA) is 111 Å². The summed E-state index contributed by atoms with van der Waals surface area (Å²) in [5, 5.41) is 10.5. The minimum absolute atomic E-state index is 0.219. The molecule has 1 aliphatic rings. The highest BCUT2D eigenvalue weighted by atomic mass is 16.2. The Bertz CT molecular complexity index is 1660. The van der Waals surface area contributed by atoms with E-state index in [2.05, 4.69) is 16.0 Å². The molecule has 226 valence electrons. The summed E-state index contributed by atoms with van der Waals surface area (Å²) in [6.07, 6.45) is 1.40. The van der Waals surface area contributed by atoms with Crippen LogP contribution in [-0.2, 0) is 22.6 Å². The van der Waals surface area contributed by atoms with Crippen molar-refractivity contribution < 1.29 is 19.2 Å². The van der Waals surface area contributed by atoms with Gasteiger partial charge in [0.1, 0.15) is 12.1 Å². The van der Waals surface area contributed by atoms with Gasteiger partial charge < -0.3 is 25.8 Å². The Balaban J connectivity index is 1.34. The lowest BCUT2D eigenvalue weighted by Gasteiger charge is -2.29. The van der Waals surface area contributed by atoms with E-state index in [-0.39, 0.29) is 17.7 Å². The molecule has 5 amide bonds. The molecule has 0 unspecified atom stereocenters. The van der Waals surface area contributed by atoms with Crippen LogP contribution >= 0.6 is 0 Å². The molecule has 1 saturated heterocycles. The molecular formula is C35H37N5O4. The van der Waals surface area contributed by atoms with Crippen LogP contribution in [0.15, 0.2) is 97.1 Å². The highest BCUT2D eigenvalue weighted by molar-refractivity contribution is 6.04. The number of hydrogen-bond donors (Lipinski definition) is 3. The molecule has 4 aromatic carbocycles. The van der Waals surface area contributed by atoms with Crippen LogP contribution in [0.4, 0.5) is 10.5 Å². The van der Waals surface area contributed by atoms with Crippen LogP contribution in [-0.4, -0.2) is 66.3 Å². The molecule has 5 rings (SSSR count). The van der Waals surface area contributed by atoms with Crippen molar-refractivity contribution in [2.45, 2.75) is 37.9 Å². The van der Waals surface area contributed by atoms with Crippen molar-refractivity contribution in [1.29, 1.82) is 0 Å². The quantitative estimate of drug-likeness (QED) is 0.265. The molecule has 44 heavy (non-hydrogen) atoms. The first-order valence-electron chi connectivity index (χ1n) is 14.8. The van der Waals surface area contributed by atoms with E-state index in [1.807, 2.05) is 72.8 Å². The molecule has 0 aromatic heterocycles. The van der Waals surface area contributed by atoms with Gasteiger partial charge in [-0.15, -0.1) is 0 Å². The Hall–Kier alpha value is -5.18. The first-order valence-corrected chi connectivity index (χ1v) is 14.8. The maximum atomic E-state index is 13.8. The maximum absolute atomic E-state index is 13.8. The fraction of sp³-hybridized carbons (Fsp3) is 0.257. The van der Waals surface area contributed by atoms with E-state index >= 15 is 0 Å². The number of rotatable bonds is 9. The van der Waals surface area contributed by atoms with Gasteiger partial charge in [0, 0.05) is 33.6 Å². The Kier molecular flexibility index (Phi) is 9.54. The van der Waals surface area contributed by atoms with Crippen LogP contribution in [0.1, 0.15) is 34.3 Å². The lowest BCUT2D eigenvalue weighted by atomic mass is 10.00. The lowest BCUT2D eigenvalue weighted by molar-refractivity contribution is -0.136. The number of nitrogens with one attached hydrogen (secondary N) is 3. The van der Waals surface area contributed by atoms with Gasteiger partial charge in [-0.3, -0.25) is 14.4 Å². The average Bonchev–Trinajstić information content (AvgIpc) is 3.55. The van der Waals surface area contributed by atoms with Gasteiger partial charge in [0.25, 0.3) is 5.91 Å². The number of likely N-dealkylation sites (tertiary alicyclic amines) is 1. The highest BCUT2D eigenvalue weighted by Gasteiger charge is 2.37. The third-order valence-electron chi connectivity index (χ3n) is 7.96. The fourth-order valence-electron chi connectivity index (χ4n) is 5.66. The summed E-state index contributed by atoms with van der Waals surface area (Å²) < 4.78 is 0. The maximum Gasteiger partial charge on any atom is 0.322 e. The Morgan fingerprint density at radius 2 is 1.57 bits per heavy atom. The molecule has 1 fully saturated rings. The first kappa shape index (κ1) is 30.3. The summed E-state index contributed by atoms with van der Waals surface area (Å²) in [5.41, 5.74) is 2.58. The predicted molar refractivity (Wildman–Crippen MR) is 171 cm³/mol. The smallest absolute Gasteiger partial charge is 0.322 e. The average molecular weight is 592 g/mol. The molecule has 0 aliphatic carbocycles. The predicted octanol–water partition coefficient (Wildman–Crippen LogP) is 4.58. The summed E-state index contributed by atoms with van der Waals surface area (Å²) in [4.78, 5) is 56.4. The van der Waals surface area contributed by atoms with Crippen LogP contribution in [0.2, 0.25) is 0 Å². The highest BCUT2D eigenvalue weighted by Crippen LogP contribution is 2.22. The number of amides is 5. The van der Waals surface area contributed by atoms with Crippen LogP contribution in [0, 0.1) is 0 Å². The van der Waals surface area contributed by atoms with Gasteiger partial charge in [-0.1, -0.05) is 84.9 Å². The molecule has 0 bridgehead atoms. The van der Waals surface area contributed by atoms with Crippen LogP contribution in [0.3, 0.4) is 0 Å². The second kappa shape index (κ2) is 13.9. The first-order chi connectivity index (χ1) is 21.3. The number of anilines is 1. The number of benzene rings is 4. The van der Waals surface area contributed by atoms with E-state index < -0.39 is 18.1 Å². The standard InChI is InChI=1S/C35H37N5O4/c1-36-32(41)28-15-8-9-16-29(28)38-35(44)40-20-10-17-31(40)33(42)37-30(34(43)39(2)23-24-11-4-3-5-12-24)22-25-18-19-26-13-6-7-14-27(26)21-25/h3-9,11-16,18-19,21,30-31H,10,17,20,22-23H2,1-2H3,(H,36,41)(H,37,42)(H,38,44)/t30-,31-/m0/s1.